The van der Waals surface area contributed by atoms with Gasteiger partial charge in [-0.05, 0) is 53.9 Å². The van der Waals surface area contributed by atoms with E-state index in [0.29, 0.717) is 5.69 Å². The van der Waals surface area contributed by atoms with E-state index in [9.17, 15) is 8.42 Å². The molecule has 0 saturated carbocycles. The van der Waals surface area contributed by atoms with Gasteiger partial charge in [0.2, 0.25) is 0 Å². The SMILES string of the molecule is C=CCN(c1cc(C)ccc1C)S(=O)(=O)c1ccc2ccccc2c1. The first-order chi connectivity index (χ1) is 11.9. The van der Waals surface area contributed by atoms with Gasteiger partial charge in [0.05, 0.1) is 17.1 Å². The second-order valence-corrected chi connectivity index (χ2v) is 7.99. The molecule has 0 aromatic heterocycles. The summed E-state index contributed by atoms with van der Waals surface area (Å²) in [5.74, 6) is 0. The molecule has 0 amide bonds. The lowest BCUT2D eigenvalue weighted by Crippen LogP contribution is -2.31. The third-order valence-corrected chi connectivity index (χ3v) is 6.01. The molecule has 3 nitrogen and oxygen atoms in total. The van der Waals surface area contributed by atoms with Crippen LogP contribution in [0.2, 0.25) is 0 Å². The summed E-state index contributed by atoms with van der Waals surface area (Å²) in [5, 5.41) is 1.92. The monoisotopic (exact) mass is 351 g/mol. The van der Waals surface area contributed by atoms with Crippen molar-refractivity contribution in [3.63, 3.8) is 0 Å². The van der Waals surface area contributed by atoms with E-state index in [1.54, 1.807) is 18.2 Å². The number of nitrogens with zero attached hydrogens (tertiary/aromatic N) is 1. The Morgan fingerprint density at radius 1 is 0.960 bits per heavy atom. The fraction of sp³-hybridized carbons (Fsp3) is 0.143. The van der Waals surface area contributed by atoms with Crippen LogP contribution in [-0.4, -0.2) is 15.0 Å². The minimum absolute atomic E-state index is 0.222. The van der Waals surface area contributed by atoms with Crippen molar-refractivity contribution in [3.8, 4) is 0 Å². The summed E-state index contributed by atoms with van der Waals surface area (Å²) in [6.45, 7) is 7.82. The fourth-order valence-electron chi connectivity index (χ4n) is 2.89. The molecule has 3 aromatic rings. The summed E-state index contributed by atoms with van der Waals surface area (Å²) < 4.78 is 28.0. The molecule has 0 fully saturated rings. The second-order valence-electron chi connectivity index (χ2n) is 6.12. The molecular weight excluding hydrogens is 330 g/mol. The number of sulfonamides is 1. The smallest absolute Gasteiger partial charge is 0.262 e. The van der Waals surface area contributed by atoms with Crippen LogP contribution >= 0.6 is 0 Å². The average molecular weight is 351 g/mol. The van der Waals surface area contributed by atoms with Crippen LogP contribution in [0.3, 0.4) is 0 Å². The number of anilines is 1. The highest BCUT2D eigenvalue weighted by Crippen LogP contribution is 2.29. The van der Waals surface area contributed by atoms with E-state index in [1.807, 2.05) is 62.4 Å². The maximum atomic E-state index is 13.3. The molecule has 0 aliphatic carbocycles. The van der Waals surface area contributed by atoms with Crippen LogP contribution in [0.1, 0.15) is 11.1 Å². The molecule has 0 aliphatic rings. The minimum atomic E-state index is -3.68. The average Bonchev–Trinajstić information content (AvgIpc) is 2.61. The van der Waals surface area contributed by atoms with Crippen molar-refractivity contribution >= 4 is 26.5 Å². The van der Waals surface area contributed by atoms with Crippen molar-refractivity contribution in [2.24, 2.45) is 0 Å². The Kier molecular flexibility index (Phi) is 4.64. The standard InChI is InChI=1S/C21H21NO2S/c1-4-13-22(21-14-16(2)9-10-17(21)3)25(23,24)20-12-11-18-7-5-6-8-19(18)15-20/h4-12,14-15H,1,13H2,2-3H3. The normalized spacial score (nSPS) is 11.4. The lowest BCUT2D eigenvalue weighted by Gasteiger charge is -2.25. The number of rotatable bonds is 5. The molecular formula is C21H21NO2S. The zero-order valence-electron chi connectivity index (χ0n) is 14.4. The van der Waals surface area contributed by atoms with Gasteiger partial charge in [-0.1, -0.05) is 48.5 Å². The van der Waals surface area contributed by atoms with Crippen molar-refractivity contribution in [2.75, 3.05) is 10.8 Å². The second kappa shape index (κ2) is 6.73. The maximum absolute atomic E-state index is 13.3. The topological polar surface area (TPSA) is 37.4 Å². The number of fused-ring (bicyclic) bond motifs is 1. The van der Waals surface area contributed by atoms with E-state index in [4.69, 9.17) is 0 Å². The lowest BCUT2D eigenvalue weighted by molar-refractivity contribution is 0.593. The van der Waals surface area contributed by atoms with Gasteiger partial charge in [-0.25, -0.2) is 8.42 Å². The van der Waals surface area contributed by atoms with E-state index in [-0.39, 0.29) is 11.4 Å². The van der Waals surface area contributed by atoms with Gasteiger partial charge in [-0.2, -0.15) is 0 Å². The van der Waals surface area contributed by atoms with Gasteiger partial charge in [-0.3, -0.25) is 4.31 Å². The highest BCUT2D eigenvalue weighted by molar-refractivity contribution is 7.92. The van der Waals surface area contributed by atoms with Gasteiger partial charge in [0.15, 0.2) is 0 Å². The molecule has 0 spiro atoms. The Balaban J connectivity index is 2.16. The Bertz CT molecular complexity index is 1040. The molecule has 0 atom stereocenters. The number of aryl methyl sites for hydroxylation is 2. The van der Waals surface area contributed by atoms with Gasteiger partial charge in [0.1, 0.15) is 0 Å². The van der Waals surface area contributed by atoms with Crippen LogP contribution in [0.5, 0.6) is 0 Å². The van der Waals surface area contributed by atoms with E-state index in [2.05, 4.69) is 6.58 Å². The van der Waals surface area contributed by atoms with E-state index < -0.39 is 10.0 Å². The molecule has 3 aromatic carbocycles. The quantitative estimate of drug-likeness (QED) is 0.617. The Labute approximate surface area is 149 Å². The summed E-state index contributed by atoms with van der Waals surface area (Å²) in [6, 6.07) is 18.8. The number of hydrogen-bond acceptors (Lipinski definition) is 2. The molecule has 0 heterocycles. The predicted molar refractivity (Wildman–Crippen MR) is 105 cm³/mol. The van der Waals surface area contributed by atoms with Crippen LogP contribution < -0.4 is 4.31 Å². The van der Waals surface area contributed by atoms with Crippen molar-refractivity contribution in [1.82, 2.24) is 0 Å². The fourth-order valence-corrected chi connectivity index (χ4v) is 4.41. The van der Waals surface area contributed by atoms with Gasteiger partial charge in [0, 0.05) is 0 Å². The van der Waals surface area contributed by atoms with E-state index in [1.165, 1.54) is 4.31 Å². The molecule has 3 rings (SSSR count). The molecule has 0 aliphatic heterocycles. The molecule has 0 N–H and O–H groups in total. The Morgan fingerprint density at radius 2 is 1.68 bits per heavy atom. The number of benzene rings is 3. The van der Waals surface area contributed by atoms with Crippen LogP contribution in [0.15, 0.2) is 78.2 Å². The zero-order valence-corrected chi connectivity index (χ0v) is 15.3. The first kappa shape index (κ1) is 17.2. The molecule has 4 heteroatoms. The third kappa shape index (κ3) is 3.30. The highest BCUT2D eigenvalue weighted by Gasteiger charge is 2.25. The molecule has 0 radical (unpaired) electrons. The summed E-state index contributed by atoms with van der Waals surface area (Å²) in [6.07, 6.45) is 1.61. The van der Waals surface area contributed by atoms with Crippen molar-refractivity contribution < 1.29 is 8.42 Å². The first-order valence-electron chi connectivity index (χ1n) is 8.13. The van der Waals surface area contributed by atoms with Crippen LogP contribution in [-0.2, 0) is 10.0 Å². The zero-order chi connectivity index (χ0) is 18.0. The molecule has 128 valence electrons. The lowest BCUT2D eigenvalue weighted by atomic mass is 10.1. The van der Waals surface area contributed by atoms with Crippen molar-refractivity contribution in [2.45, 2.75) is 18.7 Å². The Morgan fingerprint density at radius 3 is 2.40 bits per heavy atom. The summed E-state index contributed by atoms with van der Waals surface area (Å²) >= 11 is 0. The maximum Gasteiger partial charge on any atom is 0.264 e. The molecule has 25 heavy (non-hydrogen) atoms. The van der Waals surface area contributed by atoms with Gasteiger partial charge in [0.25, 0.3) is 10.0 Å². The molecule has 0 saturated heterocycles. The van der Waals surface area contributed by atoms with Crippen molar-refractivity contribution in [1.29, 1.82) is 0 Å². The Hall–Kier alpha value is -2.59. The van der Waals surface area contributed by atoms with Gasteiger partial charge >= 0.3 is 0 Å². The van der Waals surface area contributed by atoms with Crippen molar-refractivity contribution in [3.05, 3.63) is 84.4 Å². The predicted octanol–water partition coefficient (Wildman–Crippen LogP) is 4.84. The summed E-state index contributed by atoms with van der Waals surface area (Å²) in [5.41, 5.74) is 2.62. The largest absolute Gasteiger partial charge is 0.264 e. The van der Waals surface area contributed by atoms with Crippen LogP contribution in [0.25, 0.3) is 10.8 Å². The van der Waals surface area contributed by atoms with Crippen LogP contribution in [0, 0.1) is 13.8 Å². The van der Waals surface area contributed by atoms with Crippen LogP contribution in [0.4, 0.5) is 5.69 Å². The minimum Gasteiger partial charge on any atom is -0.262 e. The third-order valence-electron chi connectivity index (χ3n) is 4.24. The summed E-state index contributed by atoms with van der Waals surface area (Å²) in [7, 11) is -3.68. The highest BCUT2D eigenvalue weighted by atomic mass is 32.2. The summed E-state index contributed by atoms with van der Waals surface area (Å²) in [4.78, 5) is 0.286. The first-order valence-corrected chi connectivity index (χ1v) is 9.57. The van der Waals surface area contributed by atoms with Gasteiger partial charge < -0.3 is 0 Å². The molecule has 0 unspecified atom stereocenters. The van der Waals surface area contributed by atoms with E-state index >= 15 is 0 Å². The van der Waals surface area contributed by atoms with Gasteiger partial charge in [-0.15, -0.1) is 6.58 Å². The number of hydrogen-bond donors (Lipinski definition) is 0. The molecule has 0 bridgehead atoms. The van der Waals surface area contributed by atoms with E-state index in [0.717, 1.165) is 21.9 Å².